The minimum absolute atomic E-state index is 0.144. The summed E-state index contributed by atoms with van der Waals surface area (Å²) in [6.07, 6.45) is -2.50. The third kappa shape index (κ3) is 3.14. The largest absolute Gasteiger partial charge is 0.392 e. The zero-order chi connectivity index (χ0) is 21.6. The fourth-order valence-corrected chi connectivity index (χ4v) is 3.75. The van der Waals surface area contributed by atoms with Crippen LogP contribution in [-0.4, -0.2) is 33.6 Å². The molecule has 1 unspecified atom stereocenters. The zero-order valence-corrected chi connectivity index (χ0v) is 15.5. The number of alkyl halides is 2. The lowest BCUT2D eigenvalue weighted by Crippen LogP contribution is -2.52. The van der Waals surface area contributed by atoms with Crippen molar-refractivity contribution in [3.8, 4) is 11.3 Å². The summed E-state index contributed by atoms with van der Waals surface area (Å²) in [5.74, 6) is -1.52. The molecule has 3 heterocycles. The summed E-state index contributed by atoms with van der Waals surface area (Å²) in [7, 11) is 0. The molecule has 0 bridgehead atoms. The molecule has 2 aliphatic heterocycles. The Balaban J connectivity index is 1.68. The van der Waals surface area contributed by atoms with E-state index < -0.39 is 23.9 Å². The number of pyridine rings is 1. The number of aromatic nitrogens is 1. The molecule has 0 radical (unpaired) electrons. The molecule has 3 N–H and O–H groups in total. The summed E-state index contributed by atoms with van der Waals surface area (Å²) in [5, 5.41) is 2.23. The van der Waals surface area contributed by atoms with Gasteiger partial charge in [-0.15, -0.1) is 0 Å². The minimum Gasteiger partial charge on any atom is -0.392 e. The van der Waals surface area contributed by atoms with Crippen molar-refractivity contribution in [1.82, 2.24) is 15.2 Å². The van der Waals surface area contributed by atoms with Crippen LogP contribution >= 0.6 is 0 Å². The maximum atomic E-state index is 13.3. The number of nitrogen functional groups attached to an aromatic ring is 1. The van der Waals surface area contributed by atoms with Crippen LogP contribution in [-0.2, 0) is 16.1 Å². The number of halogens is 2. The Kier molecular flexibility index (Phi) is 4.66. The summed E-state index contributed by atoms with van der Waals surface area (Å²) < 4.78 is 26.7. The predicted octanol–water partition coefficient (Wildman–Crippen LogP) is 2.58. The van der Waals surface area contributed by atoms with E-state index >= 15 is 0 Å². The van der Waals surface area contributed by atoms with Gasteiger partial charge in [-0.3, -0.25) is 19.7 Å². The van der Waals surface area contributed by atoms with Crippen molar-refractivity contribution < 1.29 is 23.2 Å². The number of piperidine rings is 1. The topological polar surface area (TPSA) is 110 Å². The summed E-state index contributed by atoms with van der Waals surface area (Å²) >= 11 is 0. The third-order valence-electron chi connectivity index (χ3n) is 5.22. The van der Waals surface area contributed by atoms with Crippen molar-refractivity contribution in [2.45, 2.75) is 31.9 Å². The second kappa shape index (κ2) is 7.18. The lowest BCUT2D eigenvalue weighted by Gasteiger charge is -2.29. The number of nitrogens with two attached hydrogens (primary N) is 1. The number of carbonyl (C=O) groups excluding carboxylic acids is 3. The highest BCUT2D eigenvalue weighted by molar-refractivity contribution is 6.05. The van der Waals surface area contributed by atoms with Gasteiger partial charge in [-0.05, 0) is 30.2 Å². The molecule has 10 heteroatoms. The molecule has 1 aromatic heterocycles. The fraction of sp³-hybridized carbons (Fsp3) is 0.250. The average molecular weight is 411 g/mol. The second-order valence-electron chi connectivity index (χ2n) is 7.01. The summed E-state index contributed by atoms with van der Waals surface area (Å²) in [5.41, 5.74) is 6.42. The van der Waals surface area contributed by atoms with E-state index in [1.54, 1.807) is 18.2 Å². The van der Waals surface area contributed by atoms with Crippen molar-refractivity contribution in [2.75, 3.05) is 5.73 Å². The number of carbonyl (C=O) groups is 3. The van der Waals surface area contributed by atoms with Crippen LogP contribution in [0.5, 0.6) is 0 Å². The standard InChI is InChI=1S/C20H15F2N5O3/c1-24-16-12(17(21)22)7-13(25-18(16)23)9-2-3-11-10(6-9)8-27(20(11)30)14-4-5-15(28)26-19(14)29/h2-3,6-7,14,17H,4-5,8H2,(H2,23,25)(H,26,28,29). The highest BCUT2D eigenvalue weighted by atomic mass is 19.3. The van der Waals surface area contributed by atoms with Gasteiger partial charge >= 0.3 is 0 Å². The number of rotatable bonds is 3. The fourth-order valence-electron chi connectivity index (χ4n) is 3.75. The van der Waals surface area contributed by atoms with Crippen molar-refractivity contribution in [3.05, 3.63) is 52.4 Å². The van der Waals surface area contributed by atoms with E-state index in [0.29, 0.717) is 16.7 Å². The van der Waals surface area contributed by atoms with Crippen molar-refractivity contribution in [1.29, 1.82) is 0 Å². The Morgan fingerprint density at radius 1 is 1.27 bits per heavy atom. The first-order chi connectivity index (χ1) is 14.3. The molecule has 4 rings (SSSR count). The lowest BCUT2D eigenvalue weighted by molar-refractivity contribution is -0.136. The first-order valence-electron chi connectivity index (χ1n) is 9.04. The number of amides is 3. The second-order valence-corrected chi connectivity index (χ2v) is 7.01. The number of fused-ring (bicyclic) bond motifs is 1. The van der Waals surface area contributed by atoms with Gasteiger partial charge in [0.1, 0.15) is 11.9 Å². The Morgan fingerprint density at radius 3 is 2.70 bits per heavy atom. The molecule has 2 aliphatic rings. The molecule has 0 aliphatic carbocycles. The zero-order valence-electron chi connectivity index (χ0n) is 15.5. The highest BCUT2D eigenvalue weighted by Gasteiger charge is 2.39. The van der Waals surface area contributed by atoms with E-state index in [0.717, 1.165) is 6.07 Å². The van der Waals surface area contributed by atoms with Crippen LogP contribution in [0.15, 0.2) is 24.3 Å². The maximum Gasteiger partial charge on any atom is 0.255 e. The van der Waals surface area contributed by atoms with E-state index in [1.807, 2.05) is 0 Å². The number of benzene rings is 1. The van der Waals surface area contributed by atoms with Gasteiger partial charge in [0.25, 0.3) is 12.3 Å². The van der Waals surface area contributed by atoms with Crippen LogP contribution in [0.25, 0.3) is 16.1 Å². The lowest BCUT2D eigenvalue weighted by atomic mass is 10.0. The number of anilines is 1. The average Bonchev–Trinajstić information content (AvgIpc) is 3.03. The Bertz CT molecular complexity index is 1140. The first-order valence-corrected chi connectivity index (χ1v) is 9.04. The summed E-state index contributed by atoms with van der Waals surface area (Å²) in [4.78, 5) is 44.7. The first kappa shape index (κ1) is 19.4. The molecule has 1 aromatic carbocycles. The molecule has 152 valence electrons. The SMILES string of the molecule is [C-]#[N+]c1c(C(F)F)cc(-c2ccc3c(c2)CN(C2CCC(=O)NC2=O)C3=O)nc1N. The Morgan fingerprint density at radius 2 is 2.03 bits per heavy atom. The summed E-state index contributed by atoms with van der Waals surface area (Å²) in [6.45, 7) is 7.18. The van der Waals surface area contributed by atoms with Crippen LogP contribution in [0.4, 0.5) is 20.3 Å². The smallest absolute Gasteiger partial charge is 0.255 e. The molecular formula is C20H15F2N5O3. The van der Waals surface area contributed by atoms with Crippen LogP contribution in [0.2, 0.25) is 0 Å². The summed E-state index contributed by atoms with van der Waals surface area (Å²) in [6, 6.07) is 5.10. The molecule has 30 heavy (non-hydrogen) atoms. The van der Waals surface area contributed by atoms with Crippen LogP contribution in [0.1, 0.15) is 40.8 Å². The van der Waals surface area contributed by atoms with Crippen LogP contribution in [0.3, 0.4) is 0 Å². The third-order valence-corrected chi connectivity index (χ3v) is 5.22. The van der Waals surface area contributed by atoms with Gasteiger partial charge in [0.2, 0.25) is 17.5 Å². The van der Waals surface area contributed by atoms with Gasteiger partial charge in [-0.2, -0.15) is 0 Å². The van der Waals surface area contributed by atoms with Crippen molar-refractivity contribution >= 4 is 29.2 Å². The Hall–Kier alpha value is -3.87. The molecule has 1 fully saturated rings. The van der Waals surface area contributed by atoms with E-state index in [2.05, 4.69) is 15.1 Å². The van der Waals surface area contributed by atoms with E-state index in [-0.39, 0.29) is 48.4 Å². The van der Waals surface area contributed by atoms with Gasteiger partial charge in [0, 0.05) is 29.7 Å². The number of imide groups is 1. The number of nitrogens with zero attached hydrogens (tertiary/aromatic N) is 3. The van der Waals surface area contributed by atoms with Crippen molar-refractivity contribution in [3.63, 3.8) is 0 Å². The van der Waals surface area contributed by atoms with E-state index in [1.165, 1.54) is 4.90 Å². The molecule has 8 nitrogen and oxygen atoms in total. The molecule has 0 spiro atoms. The maximum absolute atomic E-state index is 13.3. The van der Waals surface area contributed by atoms with Gasteiger partial charge in [0.05, 0.1) is 12.3 Å². The molecular weight excluding hydrogens is 396 g/mol. The Labute approximate surface area is 169 Å². The molecule has 3 amide bonds. The predicted molar refractivity (Wildman–Crippen MR) is 101 cm³/mol. The molecule has 2 aromatic rings. The van der Waals surface area contributed by atoms with Crippen molar-refractivity contribution in [2.24, 2.45) is 0 Å². The van der Waals surface area contributed by atoms with Gasteiger partial charge in [0.15, 0.2) is 0 Å². The number of hydrogen-bond acceptors (Lipinski definition) is 5. The number of nitrogens with one attached hydrogen (secondary N) is 1. The van der Waals surface area contributed by atoms with Crippen LogP contribution in [0, 0.1) is 6.57 Å². The molecule has 1 atom stereocenters. The normalized spacial score (nSPS) is 18.4. The van der Waals surface area contributed by atoms with Gasteiger partial charge in [-0.1, -0.05) is 6.07 Å². The quantitative estimate of drug-likeness (QED) is 0.596. The van der Waals surface area contributed by atoms with Crippen LogP contribution < -0.4 is 11.1 Å². The van der Waals surface area contributed by atoms with E-state index in [9.17, 15) is 23.2 Å². The number of hydrogen-bond donors (Lipinski definition) is 2. The molecule has 0 saturated carbocycles. The van der Waals surface area contributed by atoms with Gasteiger partial charge in [-0.25, -0.2) is 18.6 Å². The highest BCUT2D eigenvalue weighted by Crippen LogP contribution is 2.37. The molecule has 1 saturated heterocycles. The minimum atomic E-state index is -2.89. The van der Waals surface area contributed by atoms with E-state index in [4.69, 9.17) is 12.3 Å². The monoisotopic (exact) mass is 411 g/mol. The van der Waals surface area contributed by atoms with Gasteiger partial charge < -0.3 is 10.6 Å².